The average Bonchev–Trinajstić information content (AvgIpc) is 2.77. The van der Waals surface area contributed by atoms with E-state index < -0.39 is 0 Å². The van der Waals surface area contributed by atoms with Crippen LogP contribution in [0.3, 0.4) is 0 Å². The first-order valence-electron chi connectivity index (χ1n) is 4.74. The van der Waals surface area contributed by atoms with Crippen LogP contribution in [0.2, 0.25) is 0 Å². The van der Waals surface area contributed by atoms with E-state index in [1.54, 1.807) is 12.4 Å². The SMILES string of the molecule is Brc1ncncc1-c1cccc2nccn12. The minimum absolute atomic E-state index is 0.781. The van der Waals surface area contributed by atoms with Crippen LogP contribution in [0, 0.1) is 0 Å². The van der Waals surface area contributed by atoms with Crippen LogP contribution in [0.15, 0.2) is 47.7 Å². The van der Waals surface area contributed by atoms with E-state index in [0.717, 1.165) is 21.5 Å². The molecule has 3 rings (SSSR count). The molecule has 0 spiro atoms. The Balaban J connectivity index is 2.34. The summed E-state index contributed by atoms with van der Waals surface area (Å²) in [5.41, 5.74) is 2.88. The zero-order valence-corrected chi connectivity index (χ0v) is 9.79. The maximum Gasteiger partial charge on any atom is 0.137 e. The topological polar surface area (TPSA) is 43.1 Å². The van der Waals surface area contributed by atoms with E-state index in [4.69, 9.17) is 0 Å². The van der Waals surface area contributed by atoms with E-state index in [2.05, 4.69) is 30.9 Å². The van der Waals surface area contributed by atoms with Crippen molar-refractivity contribution in [1.82, 2.24) is 19.4 Å². The first-order valence-corrected chi connectivity index (χ1v) is 5.53. The fourth-order valence-corrected chi connectivity index (χ4v) is 2.05. The Kier molecular flexibility index (Phi) is 2.18. The maximum absolute atomic E-state index is 4.24. The molecule has 16 heavy (non-hydrogen) atoms. The van der Waals surface area contributed by atoms with Gasteiger partial charge in [-0.1, -0.05) is 6.07 Å². The third-order valence-corrected chi connectivity index (χ3v) is 3.00. The molecule has 0 unspecified atom stereocenters. The first-order chi connectivity index (χ1) is 7.86. The normalized spacial score (nSPS) is 10.8. The highest BCUT2D eigenvalue weighted by atomic mass is 79.9. The lowest BCUT2D eigenvalue weighted by Gasteiger charge is -2.05. The van der Waals surface area contributed by atoms with E-state index in [-0.39, 0.29) is 0 Å². The Morgan fingerprint density at radius 1 is 1.19 bits per heavy atom. The zero-order valence-electron chi connectivity index (χ0n) is 8.21. The number of hydrogen-bond acceptors (Lipinski definition) is 3. The van der Waals surface area contributed by atoms with Gasteiger partial charge in [0.15, 0.2) is 0 Å². The summed E-state index contributed by atoms with van der Waals surface area (Å²) in [6, 6.07) is 5.94. The Labute approximate surface area is 100 Å². The highest BCUT2D eigenvalue weighted by molar-refractivity contribution is 9.10. The van der Waals surface area contributed by atoms with E-state index >= 15 is 0 Å². The van der Waals surface area contributed by atoms with E-state index in [1.807, 2.05) is 28.8 Å². The summed E-state index contributed by atoms with van der Waals surface area (Å²) in [6.07, 6.45) is 6.99. The van der Waals surface area contributed by atoms with E-state index in [0.29, 0.717) is 0 Å². The lowest BCUT2D eigenvalue weighted by Crippen LogP contribution is -1.93. The first kappa shape index (κ1) is 9.47. The van der Waals surface area contributed by atoms with Crippen LogP contribution in [0.1, 0.15) is 0 Å². The van der Waals surface area contributed by atoms with Gasteiger partial charge in [-0.05, 0) is 28.1 Å². The van der Waals surface area contributed by atoms with Gasteiger partial charge >= 0.3 is 0 Å². The molecule has 3 heterocycles. The quantitative estimate of drug-likeness (QED) is 0.641. The molecule has 0 saturated carbocycles. The monoisotopic (exact) mass is 274 g/mol. The van der Waals surface area contributed by atoms with E-state index in [9.17, 15) is 0 Å². The molecule has 0 N–H and O–H groups in total. The number of aromatic nitrogens is 4. The minimum atomic E-state index is 0.781. The van der Waals surface area contributed by atoms with Gasteiger partial charge in [-0.15, -0.1) is 0 Å². The summed E-state index contributed by atoms with van der Waals surface area (Å²) in [4.78, 5) is 12.4. The Hall–Kier alpha value is -1.75. The number of fused-ring (bicyclic) bond motifs is 1. The fourth-order valence-electron chi connectivity index (χ4n) is 1.65. The van der Waals surface area contributed by atoms with Crippen molar-refractivity contribution in [3.05, 3.63) is 47.7 Å². The summed E-state index contributed by atoms with van der Waals surface area (Å²) < 4.78 is 2.78. The molecule has 5 heteroatoms. The molecule has 4 nitrogen and oxygen atoms in total. The zero-order chi connectivity index (χ0) is 11.0. The Morgan fingerprint density at radius 2 is 2.12 bits per heavy atom. The molecule has 3 aromatic heterocycles. The second kappa shape index (κ2) is 3.68. The molecule has 0 saturated heterocycles. The largest absolute Gasteiger partial charge is 0.300 e. The van der Waals surface area contributed by atoms with Gasteiger partial charge in [0.2, 0.25) is 0 Å². The summed E-state index contributed by atoms with van der Waals surface area (Å²) in [5, 5.41) is 0. The molecule has 0 aliphatic heterocycles. The summed E-state index contributed by atoms with van der Waals surface area (Å²) in [7, 11) is 0. The molecular weight excluding hydrogens is 268 g/mol. The van der Waals surface area contributed by atoms with Gasteiger partial charge in [0.1, 0.15) is 16.6 Å². The number of hydrogen-bond donors (Lipinski definition) is 0. The average molecular weight is 275 g/mol. The van der Waals surface area contributed by atoms with Crippen molar-refractivity contribution in [1.29, 1.82) is 0 Å². The Bertz CT molecular complexity index is 647. The van der Waals surface area contributed by atoms with Crippen molar-refractivity contribution in [2.75, 3.05) is 0 Å². The smallest absolute Gasteiger partial charge is 0.137 e. The van der Waals surface area contributed by atoms with Gasteiger partial charge in [-0.25, -0.2) is 15.0 Å². The van der Waals surface area contributed by atoms with Gasteiger partial charge in [0, 0.05) is 24.2 Å². The molecule has 3 aromatic rings. The molecular formula is C11H7BrN4. The third-order valence-electron chi connectivity index (χ3n) is 2.37. The van der Waals surface area contributed by atoms with Gasteiger partial charge in [0.25, 0.3) is 0 Å². The number of nitrogens with zero attached hydrogens (tertiary/aromatic N) is 4. The van der Waals surface area contributed by atoms with E-state index in [1.165, 1.54) is 6.33 Å². The minimum Gasteiger partial charge on any atom is -0.300 e. The van der Waals surface area contributed by atoms with Crippen molar-refractivity contribution < 1.29 is 0 Å². The van der Waals surface area contributed by atoms with Crippen LogP contribution in [0.4, 0.5) is 0 Å². The van der Waals surface area contributed by atoms with Crippen LogP contribution in [0.5, 0.6) is 0 Å². The van der Waals surface area contributed by atoms with Crippen LogP contribution >= 0.6 is 15.9 Å². The molecule has 0 aliphatic rings. The molecule has 0 aliphatic carbocycles. The maximum atomic E-state index is 4.24. The van der Waals surface area contributed by atoms with Crippen LogP contribution in [-0.4, -0.2) is 19.4 Å². The number of pyridine rings is 1. The summed E-state index contributed by atoms with van der Waals surface area (Å²) in [6.45, 7) is 0. The Morgan fingerprint density at radius 3 is 3.00 bits per heavy atom. The third kappa shape index (κ3) is 1.40. The van der Waals surface area contributed by atoms with Crippen molar-refractivity contribution in [2.24, 2.45) is 0 Å². The molecule has 0 bridgehead atoms. The van der Waals surface area contributed by atoms with Gasteiger partial charge < -0.3 is 0 Å². The number of rotatable bonds is 1. The highest BCUT2D eigenvalue weighted by Gasteiger charge is 2.07. The molecule has 0 fully saturated rings. The fraction of sp³-hybridized carbons (Fsp3) is 0. The van der Waals surface area contributed by atoms with Crippen LogP contribution < -0.4 is 0 Å². The van der Waals surface area contributed by atoms with Gasteiger partial charge in [-0.2, -0.15) is 0 Å². The van der Waals surface area contributed by atoms with Gasteiger partial charge in [0.05, 0.1) is 5.69 Å². The standard InChI is InChI=1S/C11H7BrN4/c12-11-8(6-13-7-15-11)9-2-1-3-10-14-4-5-16(9)10/h1-7H. The van der Waals surface area contributed by atoms with Crippen LogP contribution in [0.25, 0.3) is 16.9 Å². The van der Waals surface area contributed by atoms with Crippen molar-refractivity contribution >= 4 is 21.6 Å². The summed E-state index contributed by atoms with van der Waals surface area (Å²) in [5.74, 6) is 0. The van der Waals surface area contributed by atoms with Crippen molar-refractivity contribution in [3.8, 4) is 11.3 Å². The summed E-state index contributed by atoms with van der Waals surface area (Å²) >= 11 is 3.42. The molecule has 78 valence electrons. The second-order valence-corrected chi connectivity index (χ2v) is 4.04. The molecule has 0 atom stereocenters. The van der Waals surface area contributed by atoms with Crippen molar-refractivity contribution in [3.63, 3.8) is 0 Å². The molecule has 0 radical (unpaired) electrons. The highest BCUT2D eigenvalue weighted by Crippen LogP contribution is 2.25. The number of imidazole rings is 1. The predicted octanol–water partition coefficient (Wildman–Crippen LogP) is 2.55. The molecule has 0 amide bonds. The number of halogens is 1. The van der Waals surface area contributed by atoms with Crippen LogP contribution in [-0.2, 0) is 0 Å². The lowest BCUT2D eigenvalue weighted by molar-refractivity contribution is 1.11. The van der Waals surface area contributed by atoms with Crippen molar-refractivity contribution in [2.45, 2.75) is 0 Å². The second-order valence-electron chi connectivity index (χ2n) is 3.29. The lowest BCUT2D eigenvalue weighted by atomic mass is 10.2. The predicted molar refractivity (Wildman–Crippen MR) is 63.9 cm³/mol. The van der Waals surface area contributed by atoms with Gasteiger partial charge in [-0.3, -0.25) is 4.40 Å². The molecule has 0 aromatic carbocycles.